The van der Waals surface area contributed by atoms with E-state index in [1.165, 1.54) is 32.7 Å². The third-order valence-electron chi connectivity index (χ3n) is 9.08. The summed E-state index contributed by atoms with van der Waals surface area (Å²) in [7, 11) is 3.38. The van der Waals surface area contributed by atoms with Crippen molar-refractivity contribution in [3.8, 4) is 11.5 Å². The van der Waals surface area contributed by atoms with Gasteiger partial charge in [-0.05, 0) is 96.4 Å². The van der Waals surface area contributed by atoms with Crippen LogP contribution in [-0.2, 0) is 0 Å². The molecule has 0 fully saturated rings. The van der Waals surface area contributed by atoms with Crippen LogP contribution in [0.5, 0.6) is 11.5 Å². The number of pyridine rings is 2. The second-order valence-electron chi connectivity index (χ2n) is 11.9. The van der Waals surface area contributed by atoms with Crippen molar-refractivity contribution in [3.63, 3.8) is 0 Å². The molecular formula is C38H42N8O3. The summed E-state index contributed by atoms with van der Waals surface area (Å²) in [5.74, 6) is 3.46. The van der Waals surface area contributed by atoms with Crippen LogP contribution in [0, 0.1) is 13.8 Å². The number of methoxy groups -OCH3 is 2. The number of aromatic amines is 2. The summed E-state index contributed by atoms with van der Waals surface area (Å²) in [6.07, 6.45) is 3.68. The fourth-order valence-electron chi connectivity index (χ4n) is 6.64. The van der Waals surface area contributed by atoms with Gasteiger partial charge in [0.05, 0.1) is 25.3 Å². The molecule has 0 radical (unpaired) electrons. The molecule has 0 aliphatic heterocycles. The van der Waals surface area contributed by atoms with Crippen molar-refractivity contribution in [2.24, 2.45) is 11.5 Å². The number of hydrogen-bond donors (Lipinski definition) is 6. The molecule has 0 aliphatic rings. The van der Waals surface area contributed by atoms with Crippen LogP contribution in [-0.4, -0.2) is 65.8 Å². The molecule has 10 N–H and O–H groups in total. The molecule has 49 heavy (non-hydrogen) atoms. The summed E-state index contributed by atoms with van der Waals surface area (Å²) in [5.41, 5.74) is 18.2. The number of nitrogens with one attached hydrogen (secondary N) is 4. The van der Waals surface area contributed by atoms with E-state index in [2.05, 4.69) is 92.9 Å². The van der Waals surface area contributed by atoms with E-state index in [0.29, 0.717) is 26.2 Å². The van der Waals surface area contributed by atoms with Crippen molar-refractivity contribution in [1.29, 1.82) is 0 Å². The van der Waals surface area contributed by atoms with E-state index in [1.807, 2.05) is 24.5 Å². The van der Waals surface area contributed by atoms with E-state index < -0.39 is 0 Å². The summed E-state index contributed by atoms with van der Waals surface area (Å²) >= 11 is 0. The van der Waals surface area contributed by atoms with Gasteiger partial charge < -0.3 is 47.0 Å². The first kappa shape index (κ1) is 33.3. The number of fused-ring (bicyclic) bond motifs is 8. The van der Waals surface area contributed by atoms with Gasteiger partial charge in [-0.2, -0.15) is 0 Å². The zero-order chi connectivity index (χ0) is 33.4. The van der Waals surface area contributed by atoms with Crippen LogP contribution in [0.4, 0.5) is 11.6 Å². The summed E-state index contributed by atoms with van der Waals surface area (Å²) in [6, 6.07) is 20.7. The average Bonchev–Trinajstić information content (AvgIpc) is 3.68. The minimum Gasteiger partial charge on any atom is -0.497 e. The third-order valence-corrected chi connectivity index (χ3v) is 9.08. The van der Waals surface area contributed by atoms with E-state index in [-0.39, 0.29) is 5.48 Å². The number of anilines is 2. The fourth-order valence-corrected chi connectivity index (χ4v) is 6.64. The molecule has 4 aromatic heterocycles. The molecule has 0 spiro atoms. The quantitative estimate of drug-likeness (QED) is 0.110. The van der Waals surface area contributed by atoms with E-state index in [4.69, 9.17) is 20.9 Å². The zero-order valence-corrected chi connectivity index (χ0v) is 28.1. The number of aromatic nitrogens is 4. The lowest BCUT2D eigenvalue weighted by Gasteiger charge is -2.10. The smallest absolute Gasteiger partial charge is 0.133 e. The Morgan fingerprint density at radius 3 is 1.39 bits per heavy atom. The number of nitrogens with two attached hydrogens (primary N) is 2. The minimum atomic E-state index is 0. The fraction of sp³-hybridized carbons (Fsp3) is 0.211. The van der Waals surface area contributed by atoms with Gasteiger partial charge in [0.25, 0.3) is 0 Å². The first-order chi connectivity index (χ1) is 23.4. The molecule has 4 aromatic carbocycles. The molecule has 0 aliphatic carbocycles. The van der Waals surface area contributed by atoms with Crippen LogP contribution in [0.15, 0.2) is 73.1 Å². The standard InChI is InChI=1S/2C19H20N4O.H2O/c2*1-11-13-5-7-21-19(22-8-6-20)16(13)10-15-14-9-12(24-2)3-4-17(14)23-18(11)15;/h2*3-5,7,9-10,23H,6,8,20H2,1-2H3,(H,21,22);1H2. The van der Waals surface area contributed by atoms with Crippen molar-refractivity contribution in [2.75, 3.05) is 51.0 Å². The van der Waals surface area contributed by atoms with Crippen molar-refractivity contribution in [1.82, 2.24) is 19.9 Å². The van der Waals surface area contributed by atoms with Gasteiger partial charge in [0.1, 0.15) is 23.1 Å². The van der Waals surface area contributed by atoms with Gasteiger partial charge in [0.2, 0.25) is 0 Å². The van der Waals surface area contributed by atoms with Crippen molar-refractivity contribution < 1.29 is 14.9 Å². The molecule has 0 atom stereocenters. The van der Waals surface area contributed by atoms with Gasteiger partial charge in [-0.3, -0.25) is 0 Å². The highest BCUT2D eigenvalue weighted by Crippen LogP contribution is 2.37. The van der Waals surface area contributed by atoms with Crippen molar-refractivity contribution in [3.05, 3.63) is 84.2 Å². The van der Waals surface area contributed by atoms with Crippen LogP contribution in [0.1, 0.15) is 11.1 Å². The predicted octanol–water partition coefficient (Wildman–Crippen LogP) is 6.29. The molecule has 0 bridgehead atoms. The number of benzene rings is 4. The third kappa shape index (κ3) is 5.88. The monoisotopic (exact) mass is 658 g/mol. The average molecular weight is 659 g/mol. The Kier molecular flexibility index (Phi) is 9.41. The largest absolute Gasteiger partial charge is 0.497 e. The zero-order valence-electron chi connectivity index (χ0n) is 28.1. The van der Waals surface area contributed by atoms with Gasteiger partial charge in [0, 0.05) is 81.9 Å². The van der Waals surface area contributed by atoms with E-state index in [0.717, 1.165) is 66.7 Å². The molecule has 8 rings (SSSR count). The van der Waals surface area contributed by atoms with Crippen LogP contribution >= 0.6 is 0 Å². The summed E-state index contributed by atoms with van der Waals surface area (Å²) in [6.45, 7) is 6.83. The Morgan fingerprint density at radius 2 is 1.00 bits per heavy atom. The maximum absolute atomic E-state index is 5.62. The van der Waals surface area contributed by atoms with Gasteiger partial charge in [0.15, 0.2) is 0 Å². The van der Waals surface area contributed by atoms with Crippen LogP contribution in [0.2, 0.25) is 0 Å². The first-order valence-electron chi connectivity index (χ1n) is 16.1. The van der Waals surface area contributed by atoms with Gasteiger partial charge in [-0.15, -0.1) is 0 Å². The molecular weight excluding hydrogens is 616 g/mol. The Morgan fingerprint density at radius 1 is 0.571 bits per heavy atom. The highest BCUT2D eigenvalue weighted by molar-refractivity contribution is 6.16. The molecule has 11 nitrogen and oxygen atoms in total. The van der Waals surface area contributed by atoms with Crippen molar-refractivity contribution >= 4 is 76.8 Å². The Labute approximate surface area is 283 Å². The Bertz CT molecular complexity index is 2280. The van der Waals surface area contributed by atoms with E-state index in [1.54, 1.807) is 14.2 Å². The number of aryl methyl sites for hydroxylation is 2. The number of rotatable bonds is 8. The van der Waals surface area contributed by atoms with Crippen LogP contribution in [0.3, 0.4) is 0 Å². The van der Waals surface area contributed by atoms with Gasteiger partial charge >= 0.3 is 0 Å². The molecule has 0 saturated carbocycles. The lowest BCUT2D eigenvalue weighted by molar-refractivity contribution is 0.415. The molecule has 0 amide bonds. The Hall–Kier alpha value is -5.62. The van der Waals surface area contributed by atoms with Gasteiger partial charge in [-0.1, -0.05) is 0 Å². The number of ether oxygens (including phenoxy) is 2. The molecule has 4 heterocycles. The van der Waals surface area contributed by atoms with Crippen molar-refractivity contribution in [2.45, 2.75) is 13.8 Å². The normalized spacial score (nSPS) is 11.2. The number of hydrogen-bond acceptors (Lipinski definition) is 8. The maximum atomic E-state index is 5.62. The van der Waals surface area contributed by atoms with E-state index in [9.17, 15) is 0 Å². The summed E-state index contributed by atoms with van der Waals surface area (Å²) < 4.78 is 10.8. The molecule has 252 valence electrons. The lowest BCUT2D eigenvalue weighted by Crippen LogP contribution is -2.14. The highest BCUT2D eigenvalue weighted by Gasteiger charge is 2.15. The summed E-state index contributed by atoms with van der Waals surface area (Å²) in [4.78, 5) is 16.0. The number of nitrogens with zero attached hydrogens (tertiary/aromatic N) is 2. The molecule has 0 saturated heterocycles. The molecule has 0 unspecified atom stereocenters. The second-order valence-corrected chi connectivity index (χ2v) is 11.9. The molecule has 11 heteroatoms. The molecule has 8 aromatic rings. The second kappa shape index (κ2) is 13.9. The topological polar surface area (TPSA) is 183 Å². The van der Waals surface area contributed by atoms with Crippen LogP contribution < -0.4 is 31.6 Å². The van der Waals surface area contributed by atoms with E-state index >= 15 is 0 Å². The predicted molar refractivity (Wildman–Crippen MR) is 203 cm³/mol. The minimum absolute atomic E-state index is 0. The number of H-pyrrole nitrogens is 2. The Balaban J connectivity index is 0.000000167. The highest BCUT2D eigenvalue weighted by atomic mass is 16.5. The first-order valence-corrected chi connectivity index (χ1v) is 16.1. The maximum Gasteiger partial charge on any atom is 0.133 e. The lowest BCUT2D eigenvalue weighted by atomic mass is 10.0. The van der Waals surface area contributed by atoms with Crippen LogP contribution in [0.25, 0.3) is 65.2 Å². The van der Waals surface area contributed by atoms with Gasteiger partial charge in [-0.25, -0.2) is 9.97 Å². The summed E-state index contributed by atoms with van der Waals surface area (Å²) in [5, 5.41) is 15.9. The SMILES string of the molecule is COc1ccc2[nH]c3c(C)c4ccnc(NCCN)c4cc3c2c1.COc1ccc2[nH]c3c(C)c4ccnc(NCCN)c4cc3c2c1.O.